The van der Waals surface area contributed by atoms with E-state index in [1.165, 1.54) is 16.3 Å². The first kappa shape index (κ1) is 23.1. The van der Waals surface area contributed by atoms with Crippen LogP contribution in [0.4, 0.5) is 5.82 Å². The molecule has 2 aromatic carbocycles. The fourth-order valence-corrected chi connectivity index (χ4v) is 4.27. The van der Waals surface area contributed by atoms with Gasteiger partial charge in [-0.3, -0.25) is 9.59 Å². The third kappa shape index (κ3) is 5.45. The lowest BCUT2D eigenvalue weighted by atomic mass is 9.97. The van der Waals surface area contributed by atoms with E-state index in [0.29, 0.717) is 29.6 Å². The Hall–Kier alpha value is -3.12. The Morgan fingerprint density at radius 2 is 1.88 bits per heavy atom. The molecule has 7 heteroatoms. The number of hydrogen-bond acceptors (Lipinski definition) is 4. The van der Waals surface area contributed by atoms with E-state index >= 15 is 0 Å². The Balaban J connectivity index is 1.44. The van der Waals surface area contributed by atoms with Gasteiger partial charge < -0.3 is 10.2 Å². The zero-order chi connectivity index (χ0) is 23.4. The van der Waals surface area contributed by atoms with Gasteiger partial charge in [0.05, 0.1) is 11.6 Å². The quantitative estimate of drug-likeness (QED) is 0.591. The second-order valence-electron chi connectivity index (χ2n) is 8.55. The van der Waals surface area contributed by atoms with Crippen LogP contribution in [-0.2, 0) is 17.8 Å². The molecule has 1 amide bonds. The maximum Gasteiger partial charge on any atom is 0.271 e. The third-order valence-corrected chi connectivity index (χ3v) is 6.61. The van der Waals surface area contributed by atoms with Crippen molar-refractivity contribution in [2.75, 3.05) is 18.0 Å². The smallest absolute Gasteiger partial charge is 0.271 e. The van der Waals surface area contributed by atoms with Gasteiger partial charge in [-0.15, -0.1) is 5.10 Å². The van der Waals surface area contributed by atoms with Gasteiger partial charge in [-0.2, -0.15) is 4.68 Å². The average molecular weight is 465 g/mol. The van der Waals surface area contributed by atoms with E-state index < -0.39 is 0 Å². The van der Waals surface area contributed by atoms with Crippen LogP contribution in [0.3, 0.4) is 0 Å². The van der Waals surface area contributed by atoms with E-state index in [4.69, 9.17) is 11.6 Å². The fraction of sp³-hybridized carbons (Fsp3) is 0.346. The van der Waals surface area contributed by atoms with Crippen LogP contribution in [0.5, 0.6) is 0 Å². The molecule has 33 heavy (non-hydrogen) atoms. The summed E-state index contributed by atoms with van der Waals surface area (Å²) in [5.74, 6) is 0.613. The Morgan fingerprint density at radius 1 is 1.12 bits per heavy atom. The molecule has 0 aliphatic carbocycles. The van der Waals surface area contributed by atoms with Crippen molar-refractivity contribution < 1.29 is 4.79 Å². The van der Waals surface area contributed by atoms with E-state index in [0.717, 1.165) is 36.9 Å². The van der Waals surface area contributed by atoms with Crippen LogP contribution in [0, 0.1) is 12.8 Å². The maximum absolute atomic E-state index is 12.9. The number of aryl methyl sites for hydroxylation is 2. The number of carbonyl (C=O) groups excluding carboxylic acids is 1. The predicted molar refractivity (Wildman–Crippen MR) is 132 cm³/mol. The van der Waals surface area contributed by atoms with E-state index in [-0.39, 0.29) is 17.4 Å². The molecule has 1 aliphatic rings. The standard InChI is InChI=1S/C26H29ClN4O2/c1-3-19-7-9-20(10-8-19)16-28-26(33)21-5-4-14-30(17-21)24-12-13-25(32)31(29-24)22-11-6-18(2)23(27)15-22/h6-13,15,21H,3-5,14,16-17H2,1-2H3,(H,28,33)/t21-/m0/s1. The summed E-state index contributed by atoms with van der Waals surface area (Å²) in [5.41, 5.74) is 3.72. The molecular formula is C26H29ClN4O2. The SMILES string of the molecule is CCc1ccc(CNC(=O)[C@H]2CCCN(c3ccc(=O)n(-c4ccc(C)c(Cl)c4)n3)C2)cc1. The molecule has 4 rings (SSSR count). The lowest BCUT2D eigenvalue weighted by Gasteiger charge is -2.33. The van der Waals surface area contributed by atoms with Crippen LogP contribution in [0.1, 0.15) is 36.5 Å². The first-order chi connectivity index (χ1) is 15.9. The number of nitrogens with zero attached hydrogens (tertiary/aromatic N) is 3. The molecule has 3 aromatic rings. The molecule has 1 aliphatic heterocycles. The van der Waals surface area contributed by atoms with Crippen molar-refractivity contribution in [2.45, 2.75) is 39.7 Å². The van der Waals surface area contributed by atoms with E-state index in [2.05, 4.69) is 46.5 Å². The summed E-state index contributed by atoms with van der Waals surface area (Å²) in [5, 5.41) is 8.25. The number of aromatic nitrogens is 2. The van der Waals surface area contributed by atoms with Gasteiger partial charge in [-0.05, 0) is 61.1 Å². The third-order valence-electron chi connectivity index (χ3n) is 6.20. The zero-order valence-electron chi connectivity index (χ0n) is 19.1. The molecule has 1 N–H and O–H groups in total. The van der Waals surface area contributed by atoms with Crippen LogP contribution in [-0.4, -0.2) is 28.8 Å². The first-order valence-electron chi connectivity index (χ1n) is 11.4. The Bertz CT molecular complexity index is 1190. The van der Waals surface area contributed by atoms with E-state index in [1.807, 2.05) is 19.1 Å². The number of hydrogen-bond donors (Lipinski definition) is 1. The van der Waals surface area contributed by atoms with Gasteiger partial charge >= 0.3 is 0 Å². The highest BCUT2D eigenvalue weighted by molar-refractivity contribution is 6.31. The fourth-order valence-electron chi connectivity index (χ4n) is 4.09. The van der Waals surface area contributed by atoms with Gasteiger partial charge in [-0.1, -0.05) is 48.9 Å². The van der Waals surface area contributed by atoms with Crippen molar-refractivity contribution in [2.24, 2.45) is 5.92 Å². The molecule has 0 spiro atoms. The van der Waals surface area contributed by atoms with E-state index in [9.17, 15) is 9.59 Å². The van der Waals surface area contributed by atoms with Crippen molar-refractivity contribution in [3.05, 3.63) is 86.7 Å². The summed E-state index contributed by atoms with van der Waals surface area (Å²) in [4.78, 5) is 27.4. The van der Waals surface area contributed by atoms with Crippen molar-refractivity contribution >= 4 is 23.3 Å². The molecule has 0 unspecified atom stereocenters. The number of rotatable bonds is 6. The zero-order valence-corrected chi connectivity index (χ0v) is 19.8. The highest BCUT2D eigenvalue weighted by Gasteiger charge is 2.27. The molecule has 1 aromatic heterocycles. The van der Waals surface area contributed by atoms with Gasteiger partial charge in [0.2, 0.25) is 5.91 Å². The lowest BCUT2D eigenvalue weighted by Crippen LogP contribution is -2.43. The Morgan fingerprint density at radius 3 is 2.61 bits per heavy atom. The second-order valence-corrected chi connectivity index (χ2v) is 8.96. The van der Waals surface area contributed by atoms with Gasteiger partial charge in [-0.25, -0.2) is 0 Å². The van der Waals surface area contributed by atoms with Crippen molar-refractivity contribution in [1.29, 1.82) is 0 Å². The summed E-state index contributed by atoms with van der Waals surface area (Å²) >= 11 is 6.25. The molecule has 6 nitrogen and oxygen atoms in total. The first-order valence-corrected chi connectivity index (χ1v) is 11.8. The number of amides is 1. The van der Waals surface area contributed by atoms with Gasteiger partial charge in [0, 0.05) is 30.7 Å². The normalized spacial score (nSPS) is 16.0. The van der Waals surface area contributed by atoms with Gasteiger partial charge in [0.1, 0.15) is 5.82 Å². The van der Waals surface area contributed by atoms with Crippen LogP contribution in [0.2, 0.25) is 5.02 Å². The molecule has 172 valence electrons. The summed E-state index contributed by atoms with van der Waals surface area (Å²) in [6.07, 6.45) is 2.73. The number of halogens is 1. The minimum Gasteiger partial charge on any atom is -0.354 e. The molecule has 1 saturated heterocycles. The average Bonchev–Trinajstić information content (AvgIpc) is 2.85. The highest BCUT2D eigenvalue weighted by atomic mass is 35.5. The monoisotopic (exact) mass is 464 g/mol. The Labute approximate surface area is 199 Å². The number of nitrogens with one attached hydrogen (secondary N) is 1. The van der Waals surface area contributed by atoms with Crippen LogP contribution >= 0.6 is 11.6 Å². The van der Waals surface area contributed by atoms with Gasteiger partial charge in [0.25, 0.3) is 5.56 Å². The van der Waals surface area contributed by atoms with Crippen molar-refractivity contribution in [1.82, 2.24) is 15.1 Å². The summed E-state index contributed by atoms with van der Waals surface area (Å²) in [6.45, 7) is 5.93. The minimum absolute atomic E-state index is 0.0536. The summed E-state index contributed by atoms with van der Waals surface area (Å²) < 4.78 is 1.37. The topological polar surface area (TPSA) is 67.2 Å². The maximum atomic E-state index is 12.9. The van der Waals surface area contributed by atoms with Gasteiger partial charge in [0.15, 0.2) is 0 Å². The largest absolute Gasteiger partial charge is 0.354 e. The van der Waals surface area contributed by atoms with Crippen molar-refractivity contribution in [3.63, 3.8) is 0 Å². The molecule has 1 fully saturated rings. The summed E-state index contributed by atoms with van der Waals surface area (Å²) in [7, 11) is 0. The molecule has 1 atom stereocenters. The number of piperidine rings is 1. The Kier molecular flexibility index (Phi) is 7.14. The van der Waals surface area contributed by atoms with E-state index in [1.54, 1.807) is 12.1 Å². The van der Waals surface area contributed by atoms with Crippen LogP contribution < -0.4 is 15.8 Å². The number of benzene rings is 2. The molecule has 0 bridgehead atoms. The molecule has 0 radical (unpaired) electrons. The molecule has 0 saturated carbocycles. The minimum atomic E-state index is -0.223. The molecular weight excluding hydrogens is 436 g/mol. The highest BCUT2D eigenvalue weighted by Crippen LogP contribution is 2.23. The predicted octanol–water partition coefficient (Wildman–Crippen LogP) is 4.29. The summed E-state index contributed by atoms with van der Waals surface area (Å²) in [6, 6.07) is 17.0. The second kappa shape index (κ2) is 10.2. The number of anilines is 1. The van der Waals surface area contributed by atoms with Crippen LogP contribution in [0.15, 0.2) is 59.4 Å². The lowest BCUT2D eigenvalue weighted by molar-refractivity contribution is -0.125. The van der Waals surface area contributed by atoms with Crippen molar-refractivity contribution in [3.8, 4) is 5.69 Å². The van der Waals surface area contributed by atoms with Crippen LogP contribution in [0.25, 0.3) is 5.69 Å². The number of carbonyl (C=O) groups is 1. The molecule has 2 heterocycles.